The highest BCUT2D eigenvalue weighted by molar-refractivity contribution is 7.89. The standard InChI is InChI=1S/C22H21N5O4S/c28-21(19-11-23-8-9-24-19)25-18-6-7-20-16-10-15(13-27(20)22(18)29)12-26(14-16)32(30,31)17-4-2-1-3-5-17/h1-9,11,15-16H,10,12-14H2,(H,25,28)/t15-,16-/m1/s1. The molecule has 10 heteroatoms. The van der Waals surface area contributed by atoms with Crippen molar-refractivity contribution in [2.75, 3.05) is 18.4 Å². The van der Waals surface area contributed by atoms with Crippen molar-refractivity contribution in [2.45, 2.75) is 23.8 Å². The van der Waals surface area contributed by atoms with Crippen LogP contribution in [0, 0.1) is 5.92 Å². The molecule has 2 atom stereocenters. The third-order valence-corrected chi connectivity index (χ3v) is 7.84. The summed E-state index contributed by atoms with van der Waals surface area (Å²) in [5.74, 6) is -0.575. The van der Waals surface area contributed by atoms with E-state index < -0.39 is 15.9 Å². The summed E-state index contributed by atoms with van der Waals surface area (Å²) in [5, 5.41) is 2.62. The summed E-state index contributed by atoms with van der Waals surface area (Å²) in [4.78, 5) is 33.6. The molecule has 0 spiro atoms. The number of piperidine rings is 1. The average Bonchev–Trinajstić information content (AvgIpc) is 2.82. The lowest BCUT2D eigenvalue weighted by molar-refractivity contribution is 0.102. The molecule has 2 aliphatic heterocycles. The van der Waals surface area contributed by atoms with E-state index in [9.17, 15) is 18.0 Å². The van der Waals surface area contributed by atoms with Crippen LogP contribution < -0.4 is 10.9 Å². The average molecular weight is 452 g/mol. The predicted molar refractivity (Wildman–Crippen MR) is 117 cm³/mol. The van der Waals surface area contributed by atoms with Crippen molar-refractivity contribution < 1.29 is 13.2 Å². The molecular weight excluding hydrogens is 430 g/mol. The summed E-state index contributed by atoms with van der Waals surface area (Å²) in [6.07, 6.45) is 5.03. The molecule has 1 saturated heterocycles. The van der Waals surface area contributed by atoms with Crippen molar-refractivity contribution in [3.05, 3.63) is 82.8 Å². The Kier molecular flexibility index (Phi) is 5.10. The molecule has 4 heterocycles. The first-order chi connectivity index (χ1) is 15.4. The van der Waals surface area contributed by atoms with Crippen LogP contribution in [0.3, 0.4) is 0 Å². The number of rotatable bonds is 4. The largest absolute Gasteiger partial charge is 0.316 e. The summed E-state index contributed by atoms with van der Waals surface area (Å²) >= 11 is 0. The van der Waals surface area contributed by atoms with Crippen LogP contribution in [0.2, 0.25) is 0 Å². The van der Waals surface area contributed by atoms with Crippen LogP contribution in [-0.2, 0) is 16.6 Å². The molecule has 2 bridgehead atoms. The topological polar surface area (TPSA) is 114 Å². The highest BCUT2D eigenvalue weighted by Gasteiger charge is 2.39. The Balaban J connectivity index is 1.41. The van der Waals surface area contributed by atoms with E-state index in [0.717, 1.165) is 12.1 Å². The first-order valence-electron chi connectivity index (χ1n) is 10.3. The number of sulfonamides is 1. The van der Waals surface area contributed by atoms with Crippen LogP contribution in [-0.4, -0.2) is 46.3 Å². The lowest BCUT2D eigenvalue weighted by Crippen LogP contribution is -2.49. The predicted octanol–water partition coefficient (Wildman–Crippen LogP) is 1.70. The number of nitrogens with zero attached hydrogens (tertiary/aromatic N) is 4. The highest BCUT2D eigenvalue weighted by Crippen LogP contribution is 2.37. The van der Waals surface area contributed by atoms with E-state index >= 15 is 0 Å². The number of nitrogens with one attached hydrogen (secondary N) is 1. The van der Waals surface area contributed by atoms with Crippen LogP contribution in [0.1, 0.15) is 28.5 Å². The second-order valence-electron chi connectivity index (χ2n) is 8.07. The van der Waals surface area contributed by atoms with Crippen LogP contribution >= 0.6 is 0 Å². The van der Waals surface area contributed by atoms with Crippen LogP contribution in [0.5, 0.6) is 0 Å². The molecule has 0 radical (unpaired) electrons. The summed E-state index contributed by atoms with van der Waals surface area (Å²) in [6.45, 7) is 1.08. The maximum Gasteiger partial charge on any atom is 0.276 e. The molecule has 32 heavy (non-hydrogen) atoms. The van der Waals surface area contributed by atoms with Crippen molar-refractivity contribution in [3.63, 3.8) is 0 Å². The van der Waals surface area contributed by atoms with Gasteiger partial charge in [0.25, 0.3) is 11.5 Å². The number of fused-ring (bicyclic) bond motifs is 4. The SMILES string of the molecule is O=C(Nc1ccc2n(c1=O)C[C@@H]1C[C@@H]2CN(S(=O)(=O)c2ccccc2)C1)c1cnccn1. The van der Waals surface area contributed by atoms with E-state index in [1.807, 2.05) is 0 Å². The smallest absolute Gasteiger partial charge is 0.276 e. The molecular formula is C22H21N5O4S. The van der Waals surface area contributed by atoms with Gasteiger partial charge in [-0.05, 0) is 36.6 Å². The van der Waals surface area contributed by atoms with Gasteiger partial charge in [0.2, 0.25) is 10.0 Å². The Hall–Kier alpha value is -3.37. The number of carbonyl (C=O) groups is 1. The second-order valence-corrected chi connectivity index (χ2v) is 10.0. The molecule has 2 aromatic heterocycles. The minimum absolute atomic E-state index is 0.0170. The third-order valence-electron chi connectivity index (χ3n) is 6.00. The van der Waals surface area contributed by atoms with Crippen molar-refractivity contribution in [3.8, 4) is 0 Å². The molecule has 1 N–H and O–H groups in total. The summed E-state index contributed by atoms with van der Waals surface area (Å²) < 4.78 is 29.4. The molecule has 5 rings (SSSR count). The molecule has 164 valence electrons. The normalized spacial score (nSPS) is 20.4. The Morgan fingerprint density at radius 1 is 1.03 bits per heavy atom. The minimum atomic E-state index is -3.60. The fraction of sp³-hybridized carbons (Fsp3) is 0.273. The molecule has 2 aliphatic rings. The number of aromatic nitrogens is 3. The first-order valence-corrected chi connectivity index (χ1v) is 11.7. The van der Waals surface area contributed by atoms with Gasteiger partial charge in [0.1, 0.15) is 11.4 Å². The number of pyridine rings is 1. The van der Waals surface area contributed by atoms with Crippen molar-refractivity contribution >= 4 is 21.6 Å². The van der Waals surface area contributed by atoms with Gasteiger partial charge < -0.3 is 9.88 Å². The summed E-state index contributed by atoms with van der Waals surface area (Å²) in [6, 6.07) is 11.8. The highest BCUT2D eigenvalue weighted by atomic mass is 32.2. The Bertz CT molecular complexity index is 1330. The first kappa shape index (κ1) is 20.5. The zero-order chi connectivity index (χ0) is 22.3. The molecule has 1 fully saturated rings. The summed E-state index contributed by atoms with van der Waals surface area (Å²) in [7, 11) is -3.60. The van der Waals surface area contributed by atoms with Gasteiger partial charge in [-0.2, -0.15) is 4.31 Å². The van der Waals surface area contributed by atoms with E-state index in [2.05, 4.69) is 15.3 Å². The number of hydrogen-bond acceptors (Lipinski definition) is 6. The van der Waals surface area contributed by atoms with Crippen LogP contribution in [0.15, 0.2) is 70.7 Å². The van der Waals surface area contributed by atoms with Gasteiger partial charge >= 0.3 is 0 Å². The second kappa shape index (κ2) is 7.95. The molecule has 9 nitrogen and oxygen atoms in total. The zero-order valence-electron chi connectivity index (χ0n) is 17.1. The number of anilines is 1. The molecule has 0 saturated carbocycles. The van der Waals surface area contributed by atoms with E-state index in [-0.39, 0.29) is 33.7 Å². The van der Waals surface area contributed by atoms with E-state index in [1.54, 1.807) is 47.0 Å². The van der Waals surface area contributed by atoms with Crippen molar-refractivity contribution in [1.82, 2.24) is 18.8 Å². The van der Waals surface area contributed by atoms with Gasteiger partial charge in [0.15, 0.2) is 0 Å². The van der Waals surface area contributed by atoms with Gasteiger partial charge in [0, 0.05) is 43.6 Å². The fourth-order valence-corrected chi connectivity index (χ4v) is 6.12. The maximum absolute atomic E-state index is 13.1. The van der Waals surface area contributed by atoms with Gasteiger partial charge in [-0.3, -0.25) is 14.6 Å². The van der Waals surface area contributed by atoms with Crippen LogP contribution in [0.25, 0.3) is 0 Å². The monoisotopic (exact) mass is 451 g/mol. The summed E-state index contributed by atoms with van der Waals surface area (Å²) in [5.41, 5.74) is 0.775. The van der Waals surface area contributed by atoms with Crippen molar-refractivity contribution in [1.29, 1.82) is 0 Å². The minimum Gasteiger partial charge on any atom is -0.316 e. The number of benzene rings is 1. The molecule has 1 aromatic carbocycles. The van der Waals surface area contributed by atoms with Crippen molar-refractivity contribution in [2.24, 2.45) is 5.92 Å². The Labute approximate surface area is 184 Å². The molecule has 3 aromatic rings. The number of carbonyl (C=O) groups excluding carboxylic acids is 1. The molecule has 1 amide bonds. The zero-order valence-corrected chi connectivity index (χ0v) is 17.9. The lowest BCUT2D eigenvalue weighted by atomic mass is 9.84. The van der Waals surface area contributed by atoms with Gasteiger partial charge in [-0.25, -0.2) is 13.4 Å². The lowest BCUT2D eigenvalue weighted by Gasteiger charge is -2.42. The quantitative estimate of drug-likeness (QED) is 0.646. The van der Waals surface area contributed by atoms with E-state index in [4.69, 9.17) is 0 Å². The molecule has 0 unspecified atom stereocenters. The van der Waals surface area contributed by atoms with E-state index in [0.29, 0.717) is 19.6 Å². The third kappa shape index (κ3) is 3.61. The number of amides is 1. The Morgan fingerprint density at radius 3 is 2.59 bits per heavy atom. The van der Waals surface area contributed by atoms with Crippen LogP contribution in [0.4, 0.5) is 5.69 Å². The Morgan fingerprint density at radius 2 is 1.84 bits per heavy atom. The fourth-order valence-electron chi connectivity index (χ4n) is 4.54. The van der Waals surface area contributed by atoms with Gasteiger partial charge in [-0.15, -0.1) is 0 Å². The maximum atomic E-state index is 13.1. The van der Waals surface area contributed by atoms with E-state index in [1.165, 1.54) is 22.9 Å². The molecule has 0 aliphatic carbocycles. The van der Waals surface area contributed by atoms with Gasteiger partial charge in [-0.1, -0.05) is 18.2 Å². The number of hydrogen-bond donors (Lipinski definition) is 1. The van der Waals surface area contributed by atoms with Gasteiger partial charge in [0.05, 0.1) is 11.1 Å².